The van der Waals surface area contributed by atoms with E-state index in [0.717, 1.165) is 6.42 Å². The highest BCUT2D eigenvalue weighted by molar-refractivity contribution is 5.95. The molecule has 0 radical (unpaired) electrons. The van der Waals surface area contributed by atoms with Crippen LogP contribution < -0.4 is 20.9 Å². The molecule has 3 aromatic rings. The van der Waals surface area contributed by atoms with Crippen LogP contribution in [0.2, 0.25) is 0 Å². The molecule has 3 rings (SSSR count). The summed E-state index contributed by atoms with van der Waals surface area (Å²) in [5, 5.41) is 10.4. The smallest absolute Gasteiger partial charge is 0.299 e. The summed E-state index contributed by atoms with van der Waals surface area (Å²) < 4.78 is 7.13. The van der Waals surface area contributed by atoms with Gasteiger partial charge in [0.15, 0.2) is 11.4 Å². The lowest BCUT2D eigenvalue weighted by atomic mass is 10.1. The Hall–Kier alpha value is -3.61. The molecule has 1 aromatic heterocycles. The van der Waals surface area contributed by atoms with Gasteiger partial charge >= 0.3 is 0 Å². The minimum Gasteiger partial charge on any atom is -0.487 e. The van der Waals surface area contributed by atoms with Crippen LogP contribution in [0, 0.1) is 0 Å². The number of para-hydroxylation sites is 1. The number of rotatable bonds is 8. The van der Waals surface area contributed by atoms with Gasteiger partial charge in [-0.2, -0.15) is 9.78 Å². The van der Waals surface area contributed by atoms with Gasteiger partial charge in [-0.1, -0.05) is 31.2 Å². The van der Waals surface area contributed by atoms with Crippen molar-refractivity contribution in [1.82, 2.24) is 15.1 Å². The van der Waals surface area contributed by atoms with E-state index in [1.807, 2.05) is 45.9 Å². The van der Waals surface area contributed by atoms with Crippen LogP contribution in [-0.2, 0) is 0 Å². The first-order valence-corrected chi connectivity index (χ1v) is 10.4. The zero-order chi connectivity index (χ0) is 22.4. The van der Waals surface area contributed by atoms with Gasteiger partial charge in [0.25, 0.3) is 11.5 Å². The molecule has 0 unspecified atom stereocenters. The molecule has 0 saturated heterocycles. The number of carbonyl (C=O) groups excluding carboxylic acids is 1. The average molecular weight is 421 g/mol. The van der Waals surface area contributed by atoms with Gasteiger partial charge in [0.05, 0.1) is 18.0 Å². The maximum Gasteiger partial charge on any atom is 0.299 e. The maximum absolute atomic E-state index is 13.3. The second kappa shape index (κ2) is 9.93. The molecule has 1 heterocycles. The summed E-state index contributed by atoms with van der Waals surface area (Å²) >= 11 is 0. The van der Waals surface area contributed by atoms with E-state index in [9.17, 15) is 9.59 Å². The number of benzene rings is 2. The second-order valence-corrected chi connectivity index (χ2v) is 7.59. The van der Waals surface area contributed by atoms with Crippen LogP contribution in [0.25, 0.3) is 5.69 Å². The first kappa shape index (κ1) is 22.1. The summed E-state index contributed by atoms with van der Waals surface area (Å²) in [6, 6.07) is 16.3. The predicted molar refractivity (Wildman–Crippen MR) is 123 cm³/mol. The Morgan fingerprint density at radius 3 is 2.52 bits per heavy atom. The minimum absolute atomic E-state index is 0.0773. The first-order chi connectivity index (χ1) is 14.9. The number of aromatic nitrogens is 2. The molecule has 0 aliphatic heterocycles. The maximum atomic E-state index is 13.3. The highest BCUT2D eigenvalue weighted by Gasteiger charge is 2.16. The molecule has 0 fully saturated rings. The van der Waals surface area contributed by atoms with Crippen LogP contribution in [0.5, 0.6) is 5.75 Å². The molecule has 0 aliphatic carbocycles. The molecule has 0 aliphatic rings. The lowest BCUT2D eigenvalue weighted by Gasteiger charge is -2.17. The van der Waals surface area contributed by atoms with Crippen molar-refractivity contribution in [2.24, 2.45) is 0 Å². The molecular formula is C24H28N4O3. The fourth-order valence-electron chi connectivity index (χ4n) is 2.94. The van der Waals surface area contributed by atoms with Crippen molar-refractivity contribution in [3.63, 3.8) is 0 Å². The number of amides is 1. The number of nitrogens with one attached hydrogen (secondary N) is 2. The van der Waals surface area contributed by atoms with E-state index in [-0.39, 0.29) is 29.3 Å². The monoisotopic (exact) mass is 420 g/mol. The van der Waals surface area contributed by atoms with Gasteiger partial charge in [-0.25, -0.2) is 0 Å². The number of hydrogen-bond acceptors (Lipinski definition) is 5. The number of carbonyl (C=O) groups is 1. The molecule has 2 N–H and O–H groups in total. The average Bonchev–Trinajstić information content (AvgIpc) is 2.76. The Morgan fingerprint density at radius 2 is 1.84 bits per heavy atom. The Labute approximate surface area is 182 Å². The highest BCUT2D eigenvalue weighted by atomic mass is 16.5. The Balaban J connectivity index is 1.99. The Kier molecular flexibility index (Phi) is 7.07. The van der Waals surface area contributed by atoms with Crippen LogP contribution in [0.4, 0.5) is 11.4 Å². The van der Waals surface area contributed by atoms with Crippen molar-refractivity contribution in [3.05, 3.63) is 76.7 Å². The van der Waals surface area contributed by atoms with E-state index in [0.29, 0.717) is 22.7 Å². The molecule has 7 nitrogen and oxygen atoms in total. The van der Waals surface area contributed by atoms with E-state index >= 15 is 0 Å². The second-order valence-electron chi connectivity index (χ2n) is 7.59. The van der Waals surface area contributed by atoms with Gasteiger partial charge < -0.3 is 15.4 Å². The number of anilines is 2. The van der Waals surface area contributed by atoms with Crippen LogP contribution in [0.3, 0.4) is 0 Å². The molecule has 2 aromatic carbocycles. The topological polar surface area (TPSA) is 85.2 Å². The standard InChI is InChI=1S/C24H28N4O3/c1-5-17(4)26-23(29)18-10-9-11-19(14-18)27-22-21(31-16(2)3)15-25-28(24(22)30)20-12-7-6-8-13-20/h6-17,27H,5H2,1-4H3,(H,26,29)/t17-/m0/s1. The molecule has 1 amide bonds. The lowest BCUT2D eigenvalue weighted by Crippen LogP contribution is -2.31. The molecule has 0 saturated carbocycles. The van der Waals surface area contributed by atoms with Crippen molar-refractivity contribution < 1.29 is 9.53 Å². The Bertz CT molecular complexity index is 1090. The molecule has 31 heavy (non-hydrogen) atoms. The van der Waals surface area contributed by atoms with E-state index < -0.39 is 0 Å². The van der Waals surface area contributed by atoms with E-state index in [1.165, 1.54) is 10.9 Å². The first-order valence-electron chi connectivity index (χ1n) is 10.4. The molecule has 7 heteroatoms. The molecular weight excluding hydrogens is 392 g/mol. The van der Waals surface area contributed by atoms with E-state index in [2.05, 4.69) is 15.7 Å². The van der Waals surface area contributed by atoms with Crippen molar-refractivity contribution in [2.75, 3.05) is 5.32 Å². The van der Waals surface area contributed by atoms with Crippen LogP contribution in [-0.4, -0.2) is 27.8 Å². The summed E-state index contributed by atoms with van der Waals surface area (Å²) in [5.41, 5.74) is 1.67. The number of nitrogens with zero attached hydrogens (tertiary/aromatic N) is 2. The third-order valence-corrected chi connectivity index (χ3v) is 4.69. The largest absolute Gasteiger partial charge is 0.487 e. The van der Waals surface area contributed by atoms with Gasteiger partial charge in [0.1, 0.15) is 0 Å². The highest BCUT2D eigenvalue weighted by Crippen LogP contribution is 2.25. The third-order valence-electron chi connectivity index (χ3n) is 4.69. The fraction of sp³-hybridized carbons (Fsp3) is 0.292. The predicted octanol–water partition coefficient (Wildman–Crippen LogP) is 4.29. The summed E-state index contributed by atoms with van der Waals surface area (Å²) in [4.78, 5) is 25.8. The molecule has 0 spiro atoms. The van der Waals surface area contributed by atoms with Crippen LogP contribution in [0.15, 0.2) is 65.6 Å². The molecule has 1 atom stereocenters. The van der Waals surface area contributed by atoms with Gasteiger partial charge in [-0.15, -0.1) is 0 Å². The lowest BCUT2D eigenvalue weighted by molar-refractivity contribution is 0.0939. The molecule has 0 bridgehead atoms. The van der Waals surface area contributed by atoms with Gasteiger partial charge in [0, 0.05) is 17.3 Å². The minimum atomic E-state index is -0.348. The van der Waals surface area contributed by atoms with E-state index in [4.69, 9.17) is 4.74 Å². The van der Waals surface area contributed by atoms with Crippen molar-refractivity contribution in [2.45, 2.75) is 46.3 Å². The van der Waals surface area contributed by atoms with E-state index in [1.54, 1.807) is 36.4 Å². The van der Waals surface area contributed by atoms with Crippen molar-refractivity contribution >= 4 is 17.3 Å². The Morgan fingerprint density at radius 1 is 1.10 bits per heavy atom. The van der Waals surface area contributed by atoms with Gasteiger partial charge in [-0.05, 0) is 57.5 Å². The van der Waals surface area contributed by atoms with Crippen LogP contribution in [0.1, 0.15) is 44.5 Å². The normalized spacial score (nSPS) is 11.8. The number of hydrogen-bond donors (Lipinski definition) is 2. The fourth-order valence-corrected chi connectivity index (χ4v) is 2.94. The van der Waals surface area contributed by atoms with Crippen molar-refractivity contribution in [1.29, 1.82) is 0 Å². The summed E-state index contributed by atoms with van der Waals surface area (Å²) in [7, 11) is 0. The zero-order valence-electron chi connectivity index (χ0n) is 18.3. The zero-order valence-corrected chi connectivity index (χ0v) is 18.3. The quantitative estimate of drug-likeness (QED) is 0.568. The van der Waals surface area contributed by atoms with Crippen molar-refractivity contribution in [3.8, 4) is 11.4 Å². The summed E-state index contributed by atoms with van der Waals surface area (Å²) in [6.07, 6.45) is 2.23. The molecule has 162 valence electrons. The third kappa shape index (κ3) is 5.51. The number of ether oxygens (including phenoxy) is 1. The van der Waals surface area contributed by atoms with Gasteiger partial charge in [-0.3, -0.25) is 9.59 Å². The SMILES string of the molecule is CC[C@H](C)NC(=O)c1cccc(Nc2c(OC(C)C)cnn(-c3ccccc3)c2=O)c1. The van der Waals surface area contributed by atoms with Crippen LogP contribution >= 0.6 is 0 Å². The van der Waals surface area contributed by atoms with Gasteiger partial charge in [0.2, 0.25) is 0 Å². The summed E-state index contributed by atoms with van der Waals surface area (Å²) in [6.45, 7) is 7.73. The summed E-state index contributed by atoms with van der Waals surface area (Å²) in [5.74, 6) is 0.190.